The lowest BCUT2D eigenvalue weighted by Crippen LogP contribution is -2.51. The van der Waals surface area contributed by atoms with Gasteiger partial charge >= 0.3 is 5.97 Å². The number of piperazine rings is 1. The number of benzene rings is 1. The van der Waals surface area contributed by atoms with Gasteiger partial charge in [-0.05, 0) is 24.3 Å². The van der Waals surface area contributed by atoms with Crippen LogP contribution in [0.4, 0.5) is 4.39 Å². The fraction of sp³-hybridized carbons (Fsp3) is 0.464. The summed E-state index contributed by atoms with van der Waals surface area (Å²) in [4.78, 5) is 29.7. The van der Waals surface area contributed by atoms with Crippen LogP contribution >= 0.6 is 11.6 Å². The van der Waals surface area contributed by atoms with E-state index in [-0.39, 0.29) is 5.02 Å². The third-order valence-corrected chi connectivity index (χ3v) is 7.71. The highest BCUT2D eigenvalue weighted by Crippen LogP contribution is 2.36. The molecule has 1 aromatic carbocycles. The van der Waals surface area contributed by atoms with Crippen LogP contribution < -0.4 is 5.32 Å². The van der Waals surface area contributed by atoms with Crippen LogP contribution in [0.3, 0.4) is 0 Å². The molecule has 5 rings (SSSR count). The summed E-state index contributed by atoms with van der Waals surface area (Å²) in [6.45, 7) is 9.81. The Kier molecular flexibility index (Phi) is 9.21. The number of methoxy groups -OCH3 is 1. The number of pyridine rings is 1. The number of ether oxygens (including phenoxy) is 2. The maximum Gasteiger partial charge on any atom is 0.338 e. The van der Waals surface area contributed by atoms with Crippen LogP contribution in [0.2, 0.25) is 5.02 Å². The topological polar surface area (TPSA) is 82.5 Å². The Hall–Kier alpha value is -2.89. The van der Waals surface area contributed by atoms with E-state index in [0.29, 0.717) is 34.9 Å². The number of carbonyl (C=O) groups is 1. The van der Waals surface area contributed by atoms with Crippen LogP contribution in [0.1, 0.15) is 17.3 Å². The summed E-state index contributed by atoms with van der Waals surface area (Å²) in [5, 5.41) is 3.56. The zero-order chi connectivity index (χ0) is 27.2. The molecule has 0 saturated carbocycles. The first kappa shape index (κ1) is 27.7. The minimum atomic E-state index is -0.770. The normalized spacial score (nSPS) is 21.4. The monoisotopic (exact) mass is 556 g/mol. The maximum atomic E-state index is 13.9. The molecule has 3 aliphatic heterocycles. The van der Waals surface area contributed by atoms with Crippen molar-refractivity contribution in [1.29, 1.82) is 0 Å². The summed E-state index contributed by atoms with van der Waals surface area (Å²) < 4.78 is 24.5. The molecule has 208 valence electrons. The molecule has 2 aromatic rings. The fourth-order valence-electron chi connectivity index (χ4n) is 5.15. The molecule has 4 heterocycles. The molecule has 1 N–H and O–H groups in total. The molecule has 0 amide bonds. The van der Waals surface area contributed by atoms with E-state index in [9.17, 15) is 9.18 Å². The van der Waals surface area contributed by atoms with Crippen molar-refractivity contribution in [2.75, 3.05) is 79.2 Å². The molecule has 2 saturated heterocycles. The van der Waals surface area contributed by atoms with Gasteiger partial charge in [0.1, 0.15) is 17.6 Å². The summed E-state index contributed by atoms with van der Waals surface area (Å²) in [5.74, 6) is -0.439. The third-order valence-electron chi connectivity index (χ3n) is 7.38. The largest absolute Gasteiger partial charge is 0.466 e. The first-order valence-electron chi connectivity index (χ1n) is 13.3. The van der Waals surface area contributed by atoms with Gasteiger partial charge in [0, 0.05) is 81.4 Å². The van der Waals surface area contributed by atoms with E-state index in [2.05, 4.69) is 25.0 Å². The van der Waals surface area contributed by atoms with Gasteiger partial charge in [0.05, 0.1) is 25.9 Å². The minimum absolute atomic E-state index is 0.195. The Morgan fingerprint density at radius 2 is 1.79 bits per heavy atom. The van der Waals surface area contributed by atoms with Gasteiger partial charge in [0.15, 0.2) is 5.84 Å². The van der Waals surface area contributed by atoms with Crippen molar-refractivity contribution in [2.24, 2.45) is 4.99 Å². The third kappa shape index (κ3) is 6.82. The number of aliphatic imine (C=N–C) groups is 1. The highest BCUT2D eigenvalue weighted by Gasteiger charge is 2.34. The van der Waals surface area contributed by atoms with E-state index in [1.165, 1.54) is 19.2 Å². The maximum absolute atomic E-state index is 13.9. The summed E-state index contributed by atoms with van der Waals surface area (Å²) >= 11 is 6.46. The lowest BCUT2D eigenvalue weighted by Gasteiger charge is -2.37. The quantitative estimate of drug-likeness (QED) is 0.496. The van der Waals surface area contributed by atoms with Crippen LogP contribution in [0.5, 0.6) is 0 Å². The van der Waals surface area contributed by atoms with Gasteiger partial charge < -0.3 is 14.8 Å². The van der Waals surface area contributed by atoms with Crippen molar-refractivity contribution < 1.29 is 18.7 Å². The Morgan fingerprint density at radius 1 is 1.08 bits per heavy atom. The Labute approximate surface area is 233 Å². The second-order valence-electron chi connectivity index (χ2n) is 9.84. The second-order valence-corrected chi connectivity index (χ2v) is 10.2. The molecule has 11 heteroatoms. The molecule has 0 aliphatic carbocycles. The first-order chi connectivity index (χ1) is 19.0. The van der Waals surface area contributed by atoms with E-state index >= 15 is 0 Å². The van der Waals surface area contributed by atoms with Crippen molar-refractivity contribution in [1.82, 2.24) is 25.0 Å². The Morgan fingerprint density at radius 3 is 2.46 bits per heavy atom. The summed E-state index contributed by atoms with van der Waals surface area (Å²) in [6.07, 6.45) is 1.69. The van der Waals surface area contributed by atoms with Gasteiger partial charge in [-0.25, -0.2) is 9.18 Å². The van der Waals surface area contributed by atoms with E-state index in [1.807, 2.05) is 18.2 Å². The molecule has 2 fully saturated rings. The van der Waals surface area contributed by atoms with Crippen LogP contribution in [0.25, 0.3) is 0 Å². The van der Waals surface area contributed by atoms with Crippen LogP contribution in [-0.4, -0.2) is 111 Å². The number of hydrogen-bond donors (Lipinski definition) is 1. The van der Waals surface area contributed by atoms with Crippen LogP contribution in [-0.2, 0) is 14.3 Å². The minimum Gasteiger partial charge on any atom is -0.466 e. The molecule has 0 spiro atoms. The molecule has 0 radical (unpaired) electrons. The highest BCUT2D eigenvalue weighted by atomic mass is 35.5. The zero-order valence-electron chi connectivity index (χ0n) is 22.1. The highest BCUT2D eigenvalue weighted by molar-refractivity contribution is 6.31. The molecular formula is C28H34ClFN6O3. The molecular weight excluding hydrogens is 523 g/mol. The number of morpholine rings is 1. The van der Waals surface area contributed by atoms with E-state index in [4.69, 9.17) is 26.1 Å². The predicted molar refractivity (Wildman–Crippen MR) is 147 cm³/mol. The van der Waals surface area contributed by atoms with E-state index in [1.54, 1.807) is 12.3 Å². The molecule has 3 aliphatic rings. The zero-order valence-corrected chi connectivity index (χ0v) is 22.9. The molecule has 1 aromatic heterocycles. The Balaban J connectivity index is 1.36. The van der Waals surface area contributed by atoms with E-state index in [0.717, 1.165) is 65.6 Å². The number of rotatable bonds is 8. The van der Waals surface area contributed by atoms with Gasteiger partial charge in [0.25, 0.3) is 0 Å². The average Bonchev–Trinajstić information content (AvgIpc) is 2.97. The summed E-state index contributed by atoms with van der Waals surface area (Å²) in [7, 11) is 1.35. The van der Waals surface area contributed by atoms with E-state index < -0.39 is 17.8 Å². The van der Waals surface area contributed by atoms with Gasteiger partial charge in [0.2, 0.25) is 0 Å². The summed E-state index contributed by atoms with van der Waals surface area (Å²) in [6, 6.07) is 8.92. The van der Waals surface area contributed by atoms with Gasteiger partial charge in [-0.15, -0.1) is 0 Å². The molecule has 39 heavy (non-hydrogen) atoms. The van der Waals surface area contributed by atoms with Crippen molar-refractivity contribution in [3.63, 3.8) is 0 Å². The number of amidine groups is 1. The average molecular weight is 557 g/mol. The lowest BCUT2D eigenvalue weighted by atomic mass is 9.94. The molecule has 0 bridgehead atoms. The predicted octanol–water partition coefficient (Wildman–Crippen LogP) is 2.34. The molecule has 1 atom stereocenters. The number of nitrogens with zero attached hydrogens (tertiary/aromatic N) is 5. The number of halogens is 2. The van der Waals surface area contributed by atoms with Crippen molar-refractivity contribution >= 4 is 23.4 Å². The number of hydrogen-bond acceptors (Lipinski definition) is 9. The van der Waals surface area contributed by atoms with Crippen molar-refractivity contribution in [3.8, 4) is 0 Å². The number of nitrogens with one attached hydrogen (secondary N) is 1. The number of carbonyl (C=O) groups excluding carboxylic acids is 1. The van der Waals surface area contributed by atoms with Crippen molar-refractivity contribution in [3.05, 3.63) is 76.0 Å². The standard InChI is InChI=1S/C28H34ClFN6O3/c1-38-28(37)25-24(19-36-12-10-34(11-13-36)8-9-35-14-16-39-17-15-35)32-27(23-4-2-3-7-31-23)33-26(25)21-6-5-20(30)18-22(21)29/h2-7,18,26H,8-17,19H2,1H3,(H,32,33). The summed E-state index contributed by atoms with van der Waals surface area (Å²) in [5.41, 5.74) is 2.21. The first-order valence-corrected chi connectivity index (χ1v) is 13.7. The van der Waals surface area contributed by atoms with Gasteiger partial charge in [-0.3, -0.25) is 24.7 Å². The smallest absolute Gasteiger partial charge is 0.338 e. The van der Waals surface area contributed by atoms with Gasteiger partial charge in [-0.1, -0.05) is 23.7 Å². The van der Waals surface area contributed by atoms with Crippen LogP contribution in [0.15, 0.2) is 58.9 Å². The Bertz CT molecular complexity index is 1210. The molecule has 1 unspecified atom stereocenters. The number of esters is 1. The lowest BCUT2D eigenvalue weighted by molar-refractivity contribution is -0.136. The fourth-order valence-corrected chi connectivity index (χ4v) is 5.42. The second kappa shape index (κ2) is 13.0. The van der Waals surface area contributed by atoms with Crippen LogP contribution in [0, 0.1) is 5.82 Å². The van der Waals surface area contributed by atoms with Gasteiger partial charge in [-0.2, -0.15) is 0 Å². The SMILES string of the molecule is COC(=O)C1=C(CN2CCN(CCN3CCOCC3)CC2)NC(c2ccccn2)=NC1c1ccc(F)cc1Cl. The number of aromatic nitrogens is 1. The molecule has 9 nitrogen and oxygen atoms in total. The van der Waals surface area contributed by atoms with Crippen molar-refractivity contribution in [2.45, 2.75) is 6.04 Å².